The molecule has 0 heterocycles. The molecule has 1 aliphatic rings. The van der Waals surface area contributed by atoms with Crippen molar-refractivity contribution in [3.8, 4) is 0 Å². The summed E-state index contributed by atoms with van der Waals surface area (Å²) in [5.74, 6) is 0.451. The van der Waals surface area contributed by atoms with E-state index in [2.05, 4.69) is 0 Å². The Kier molecular flexibility index (Phi) is 1.02. The van der Waals surface area contributed by atoms with Crippen molar-refractivity contribution < 1.29 is 5.11 Å². The van der Waals surface area contributed by atoms with Crippen molar-refractivity contribution in [3.05, 3.63) is 11.8 Å². The molecular formula is C5H9NO. The molecule has 1 aliphatic carbocycles. The highest BCUT2D eigenvalue weighted by Crippen LogP contribution is 2.12. The van der Waals surface area contributed by atoms with Crippen LogP contribution < -0.4 is 5.73 Å². The Morgan fingerprint density at radius 2 is 2.57 bits per heavy atom. The molecule has 0 fully saturated rings. The first kappa shape index (κ1) is 4.65. The zero-order valence-electron chi connectivity index (χ0n) is 4.09. The Hall–Kier alpha value is -0.500. The van der Waals surface area contributed by atoms with Gasteiger partial charge in [0.2, 0.25) is 0 Å². The molecule has 0 saturated carbocycles. The van der Waals surface area contributed by atoms with Gasteiger partial charge in [-0.15, -0.1) is 0 Å². The van der Waals surface area contributed by atoms with Crippen molar-refractivity contribution in [2.24, 2.45) is 5.73 Å². The Morgan fingerprint density at radius 3 is 2.71 bits per heavy atom. The van der Waals surface area contributed by atoms with Gasteiger partial charge in [0.05, 0.1) is 5.76 Å². The summed E-state index contributed by atoms with van der Waals surface area (Å²) in [6.45, 7) is 0. The van der Waals surface area contributed by atoms with Crippen molar-refractivity contribution >= 4 is 0 Å². The van der Waals surface area contributed by atoms with E-state index in [1.165, 1.54) is 0 Å². The molecule has 0 aromatic carbocycles. The third-order valence-corrected chi connectivity index (χ3v) is 1.14. The van der Waals surface area contributed by atoms with Crippen LogP contribution in [0.25, 0.3) is 0 Å². The molecule has 0 aromatic rings. The Labute approximate surface area is 42.6 Å². The SMILES string of the molecule is NC1C=C(O)CC1. The second-order valence-electron chi connectivity index (χ2n) is 1.86. The second-order valence-corrected chi connectivity index (χ2v) is 1.86. The lowest BCUT2D eigenvalue weighted by Gasteiger charge is -1.89. The van der Waals surface area contributed by atoms with E-state index in [1.54, 1.807) is 6.08 Å². The lowest BCUT2D eigenvalue weighted by atomic mass is 10.3. The van der Waals surface area contributed by atoms with E-state index in [0.717, 1.165) is 12.8 Å². The van der Waals surface area contributed by atoms with Crippen LogP contribution in [0.15, 0.2) is 11.8 Å². The molecule has 0 saturated heterocycles. The molecule has 7 heavy (non-hydrogen) atoms. The first-order valence-corrected chi connectivity index (χ1v) is 2.44. The summed E-state index contributed by atoms with van der Waals surface area (Å²) in [6, 6.07) is 0.111. The number of nitrogens with two attached hydrogens (primary N) is 1. The minimum absolute atomic E-state index is 0.111. The molecule has 0 bridgehead atoms. The molecule has 3 N–H and O–H groups in total. The molecule has 0 radical (unpaired) electrons. The fraction of sp³-hybridized carbons (Fsp3) is 0.600. The molecule has 1 unspecified atom stereocenters. The normalized spacial score (nSPS) is 30.4. The smallest absolute Gasteiger partial charge is 0.0899 e. The fourth-order valence-corrected chi connectivity index (χ4v) is 0.728. The van der Waals surface area contributed by atoms with E-state index in [0.29, 0.717) is 5.76 Å². The number of rotatable bonds is 0. The van der Waals surface area contributed by atoms with Crippen molar-refractivity contribution in [1.29, 1.82) is 0 Å². The lowest BCUT2D eigenvalue weighted by Crippen LogP contribution is -2.11. The summed E-state index contributed by atoms with van der Waals surface area (Å²) in [5, 5.41) is 8.68. The number of hydrogen-bond donors (Lipinski definition) is 2. The van der Waals surface area contributed by atoms with E-state index in [9.17, 15) is 0 Å². The van der Waals surface area contributed by atoms with Crippen LogP contribution in [0.4, 0.5) is 0 Å². The van der Waals surface area contributed by atoms with Gasteiger partial charge in [-0.1, -0.05) is 0 Å². The molecule has 0 spiro atoms. The van der Waals surface area contributed by atoms with E-state index in [-0.39, 0.29) is 6.04 Å². The van der Waals surface area contributed by atoms with Crippen LogP contribution in [0.1, 0.15) is 12.8 Å². The molecule has 0 aromatic heterocycles. The molecule has 40 valence electrons. The quantitative estimate of drug-likeness (QED) is 0.466. The molecule has 0 amide bonds. The third-order valence-electron chi connectivity index (χ3n) is 1.14. The maximum absolute atomic E-state index is 8.68. The van der Waals surface area contributed by atoms with E-state index in [1.807, 2.05) is 0 Å². The van der Waals surface area contributed by atoms with Crippen molar-refractivity contribution in [2.45, 2.75) is 18.9 Å². The predicted molar refractivity (Wildman–Crippen MR) is 27.9 cm³/mol. The monoisotopic (exact) mass is 99.1 g/mol. The largest absolute Gasteiger partial charge is 0.513 e. The van der Waals surface area contributed by atoms with Crippen LogP contribution in [0.2, 0.25) is 0 Å². The summed E-state index contributed by atoms with van der Waals surface area (Å²) in [6.07, 6.45) is 3.37. The maximum Gasteiger partial charge on any atom is 0.0899 e. The lowest BCUT2D eigenvalue weighted by molar-refractivity contribution is 0.397. The van der Waals surface area contributed by atoms with Gasteiger partial charge in [-0.3, -0.25) is 0 Å². The molecule has 0 aliphatic heterocycles. The van der Waals surface area contributed by atoms with Gasteiger partial charge >= 0.3 is 0 Å². The van der Waals surface area contributed by atoms with Gasteiger partial charge < -0.3 is 10.8 Å². The highest BCUT2D eigenvalue weighted by Gasteiger charge is 2.08. The van der Waals surface area contributed by atoms with Crippen LogP contribution >= 0.6 is 0 Å². The zero-order chi connectivity index (χ0) is 5.28. The summed E-state index contributed by atoms with van der Waals surface area (Å²) in [5.41, 5.74) is 5.39. The predicted octanol–water partition coefficient (Wildman–Crippen LogP) is 0.549. The van der Waals surface area contributed by atoms with Crippen LogP contribution in [0.5, 0.6) is 0 Å². The minimum atomic E-state index is 0.111. The van der Waals surface area contributed by atoms with Crippen LogP contribution in [0.3, 0.4) is 0 Å². The average molecular weight is 99.1 g/mol. The van der Waals surface area contributed by atoms with Gasteiger partial charge in [0.1, 0.15) is 0 Å². The summed E-state index contributed by atoms with van der Waals surface area (Å²) in [4.78, 5) is 0. The summed E-state index contributed by atoms with van der Waals surface area (Å²) >= 11 is 0. The Morgan fingerprint density at radius 1 is 1.86 bits per heavy atom. The van der Waals surface area contributed by atoms with E-state index >= 15 is 0 Å². The Bertz CT molecular complexity index is 98.3. The summed E-state index contributed by atoms with van der Waals surface area (Å²) < 4.78 is 0. The third kappa shape index (κ3) is 0.933. The van der Waals surface area contributed by atoms with E-state index in [4.69, 9.17) is 10.8 Å². The zero-order valence-corrected chi connectivity index (χ0v) is 4.09. The summed E-state index contributed by atoms with van der Waals surface area (Å²) in [7, 11) is 0. The van der Waals surface area contributed by atoms with Gasteiger partial charge in [-0.25, -0.2) is 0 Å². The molecule has 2 heteroatoms. The standard InChI is InChI=1S/C5H9NO/c6-4-1-2-5(7)3-4/h3-4,7H,1-2,6H2. The van der Waals surface area contributed by atoms with Crippen LogP contribution in [-0.4, -0.2) is 11.1 Å². The number of hydrogen-bond acceptors (Lipinski definition) is 2. The van der Waals surface area contributed by atoms with Crippen LogP contribution in [-0.2, 0) is 0 Å². The topological polar surface area (TPSA) is 46.2 Å². The highest BCUT2D eigenvalue weighted by atomic mass is 16.3. The van der Waals surface area contributed by atoms with Gasteiger partial charge in [-0.05, 0) is 12.5 Å². The molecule has 1 rings (SSSR count). The maximum atomic E-state index is 8.68. The number of allylic oxidation sites excluding steroid dienone is 1. The number of aliphatic hydroxyl groups excluding tert-OH is 1. The van der Waals surface area contributed by atoms with Crippen molar-refractivity contribution in [2.75, 3.05) is 0 Å². The molecule has 1 atom stereocenters. The first-order chi connectivity index (χ1) is 3.29. The molecular weight excluding hydrogens is 90.1 g/mol. The first-order valence-electron chi connectivity index (χ1n) is 2.44. The fourth-order valence-electron chi connectivity index (χ4n) is 0.728. The van der Waals surface area contributed by atoms with Gasteiger partial charge in [-0.2, -0.15) is 0 Å². The molecule has 2 nitrogen and oxygen atoms in total. The highest BCUT2D eigenvalue weighted by molar-refractivity contribution is 5.05. The Balaban J connectivity index is 2.50. The average Bonchev–Trinajstić information content (AvgIpc) is 1.87. The van der Waals surface area contributed by atoms with Gasteiger partial charge in [0.25, 0.3) is 0 Å². The van der Waals surface area contributed by atoms with E-state index < -0.39 is 0 Å². The second kappa shape index (κ2) is 1.54. The van der Waals surface area contributed by atoms with Crippen LogP contribution in [0, 0.1) is 0 Å². The van der Waals surface area contributed by atoms with Gasteiger partial charge in [0, 0.05) is 12.5 Å². The van der Waals surface area contributed by atoms with Gasteiger partial charge in [0.15, 0.2) is 0 Å². The minimum Gasteiger partial charge on any atom is -0.513 e. The van der Waals surface area contributed by atoms with Crippen molar-refractivity contribution in [3.63, 3.8) is 0 Å². The van der Waals surface area contributed by atoms with Crippen molar-refractivity contribution in [1.82, 2.24) is 0 Å². The number of aliphatic hydroxyl groups is 1.